The Balaban J connectivity index is 1.95. The van der Waals surface area contributed by atoms with E-state index in [0.717, 1.165) is 37.1 Å². The predicted molar refractivity (Wildman–Crippen MR) is 68.4 cm³/mol. The fraction of sp³-hybridized carbons (Fsp3) is 0.500. The smallest absolute Gasteiger partial charge is 0.260 e. The normalized spacial score (nSPS) is 14.9. The van der Waals surface area contributed by atoms with Gasteiger partial charge in [0.05, 0.1) is 6.61 Å². The summed E-state index contributed by atoms with van der Waals surface area (Å²) in [6.07, 6.45) is 2.16. The molecule has 4 heteroatoms. The minimum absolute atomic E-state index is 0.0250. The van der Waals surface area contributed by atoms with Gasteiger partial charge in [0.25, 0.3) is 5.91 Å². The van der Waals surface area contributed by atoms with Crippen LogP contribution in [0.5, 0.6) is 5.75 Å². The molecule has 0 radical (unpaired) electrons. The van der Waals surface area contributed by atoms with Crippen molar-refractivity contribution >= 4 is 5.91 Å². The van der Waals surface area contributed by atoms with E-state index in [0.29, 0.717) is 5.75 Å². The fourth-order valence-corrected chi connectivity index (χ4v) is 2.17. The molecule has 0 unspecified atom stereocenters. The van der Waals surface area contributed by atoms with Gasteiger partial charge in [-0.3, -0.25) is 4.79 Å². The van der Waals surface area contributed by atoms with Gasteiger partial charge in [0.15, 0.2) is 6.61 Å². The lowest BCUT2D eigenvalue weighted by atomic mass is 10.1. The molecule has 1 aliphatic heterocycles. The SMILES string of the molecule is Cc1ccc(OCC(=O)N2CCCC2)c(CO)c1. The second kappa shape index (κ2) is 5.87. The lowest BCUT2D eigenvalue weighted by Gasteiger charge is -2.16. The maximum Gasteiger partial charge on any atom is 0.260 e. The number of hydrogen-bond acceptors (Lipinski definition) is 3. The summed E-state index contributed by atoms with van der Waals surface area (Å²) < 4.78 is 5.51. The number of aryl methyl sites for hydroxylation is 1. The van der Waals surface area contributed by atoms with Gasteiger partial charge >= 0.3 is 0 Å². The van der Waals surface area contributed by atoms with Crippen molar-refractivity contribution in [2.75, 3.05) is 19.7 Å². The van der Waals surface area contributed by atoms with E-state index in [1.807, 2.05) is 24.0 Å². The molecule has 98 valence electrons. The summed E-state index contributed by atoms with van der Waals surface area (Å²) >= 11 is 0. The molecule has 1 aromatic carbocycles. The molecule has 1 saturated heterocycles. The maximum absolute atomic E-state index is 11.8. The lowest BCUT2D eigenvalue weighted by Crippen LogP contribution is -2.32. The first-order chi connectivity index (χ1) is 8.70. The van der Waals surface area contributed by atoms with E-state index in [9.17, 15) is 9.90 Å². The average molecular weight is 249 g/mol. The topological polar surface area (TPSA) is 49.8 Å². The first kappa shape index (κ1) is 12.9. The Labute approximate surface area is 107 Å². The lowest BCUT2D eigenvalue weighted by molar-refractivity contribution is -0.132. The molecule has 0 bridgehead atoms. The second-order valence-electron chi connectivity index (χ2n) is 4.65. The van der Waals surface area contributed by atoms with E-state index in [-0.39, 0.29) is 19.1 Å². The molecule has 0 aliphatic carbocycles. The molecule has 1 N–H and O–H groups in total. The number of likely N-dealkylation sites (tertiary alicyclic amines) is 1. The quantitative estimate of drug-likeness (QED) is 0.879. The molecule has 0 spiro atoms. The first-order valence-electron chi connectivity index (χ1n) is 6.31. The third-order valence-electron chi connectivity index (χ3n) is 3.20. The van der Waals surface area contributed by atoms with Crippen LogP contribution in [0.15, 0.2) is 18.2 Å². The van der Waals surface area contributed by atoms with Crippen molar-refractivity contribution in [3.8, 4) is 5.75 Å². The molecular weight excluding hydrogens is 230 g/mol. The summed E-state index contributed by atoms with van der Waals surface area (Å²) in [6.45, 7) is 3.61. The molecule has 0 saturated carbocycles. The molecule has 0 aromatic heterocycles. The molecule has 1 heterocycles. The zero-order chi connectivity index (χ0) is 13.0. The van der Waals surface area contributed by atoms with Crippen molar-refractivity contribution in [1.82, 2.24) is 4.90 Å². The fourth-order valence-electron chi connectivity index (χ4n) is 2.17. The Bertz CT molecular complexity index is 425. The van der Waals surface area contributed by atoms with Crippen LogP contribution in [-0.4, -0.2) is 35.6 Å². The van der Waals surface area contributed by atoms with Crippen LogP contribution in [0.3, 0.4) is 0 Å². The largest absolute Gasteiger partial charge is 0.483 e. The Morgan fingerprint density at radius 3 is 2.78 bits per heavy atom. The van der Waals surface area contributed by atoms with Crippen molar-refractivity contribution in [2.24, 2.45) is 0 Å². The molecule has 2 rings (SSSR count). The number of ether oxygens (including phenoxy) is 1. The van der Waals surface area contributed by atoms with E-state index in [4.69, 9.17) is 4.74 Å². The molecule has 0 atom stereocenters. The molecule has 1 aliphatic rings. The highest BCUT2D eigenvalue weighted by atomic mass is 16.5. The van der Waals surface area contributed by atoms with E-state index < -0.39 is 0 Å². The van der Waals surface area contributed by atoms with Crippen LogP contribution in [-0.2, 0) is 11.4 Å². The Morgan fingerprint density at radius 1 is 1.39 bits per heavy atom. The van der Waals surface area contributed by atoms with Crippen LogP contribution in [0.4, 0.5) is 0 Å². The summed E-state index contributed by atoms with van der Waals surface area (Å²) in [4.78, 5) is 13.6. The molecular formula is C14H19NO3. The van der Waals surface area contributed by atoms with Crippen LogP contribution >= 0.6 is 0 Å². The van der Waals surface area contributed by atoms with Crippen molar-refractivity contribution in [3.63, 3.8) is 0 Å². The number of aliphatic hydroxyl groups excluding tert-OH is 1. The van der Waals surface area contributed by atoms with Gasteiger partial charge in [-0.05, 0) is 25.8 Å². The van der Waals surface area contributed by atoms with Gasteiger partial charge in [-0.1, -0.05) is 17.7 Å². The Hall–Kier alpha value is -1.55. The highest BCUT2D eigenvalue weighted by Crippen LogP contribution is 2.20. The minimum atomic E-state index is -0.0745. The standard InChI is InChI=1S/C14H19NO3/c1-11-4-5-13(12(8-11)9-16)18-10-14(17)15-6-2-3-7-15/h4-5,8,16H,2-3,6-7,9-10H2,1H3. The van der Waals surface area contributed by atoms with Crippen LogP contribution in [0.25, 0.3) is 0 Å². The van der Waals surface area contributed by atoms with E-state index in [2.05, 4.69) is 0 Å². The number of nitrogens with zero attached hydrogens (tertiary/aromatic N) is 1. The number of aliphatic hydroxyl groups is 1. The van der Waals surface area contributed by atoms with Gasteiger partial charge in [0.1, 0.15) is 5.75 Å². The highest BCUT2D eigenvalue weighted by Gasteiger charge is 2.18. The van der Waals surface area contributed by atoms with Gasteiger partial charge in [-0.25, -0.2) is 0 Å². The average Bonchev–Trinajstić information content (AvgIpc) is 2.90. The van der Waals surface area contributed by atoms with Crippen LogP contribution < -0.4 is 4.74 Å². The molecule has 1 fully saturated rings. The van der Waals surface area contributed by atoms with Crippen LogP contribution in [0.1, 0.15) is 24.0 Å². The van der Waals surface area contributed by atoms with Crippen LogP contribution in [0, 0.1) is 6.92 Å². The van der Waals surface area contributed by atoms with E-state index in [1.54, 1.807) is 6.07 Å². The minimum Gasteiger partial charge on any atom is -0.483 e. The molecule has 1 amide bonds. The zero-order valence-electron chi connectivity index (χ0n) is 10.7. The van der Waals surface area contributed by atoms with Crippen molar-refractivity contribution in [2.45, 2.75) is 26.4 Å². The Kier molecular flexibility index (Phi) is 4.20. The predicted octanol–water partition coefficient (Wildman–Crippen LogP) is 1.49. The third-order valence-corrected chi connectivity index (χ3v) is 3.20. The van der Waals surface area contributed by atoms with Crippen molar-refractivity contribution in [3.05, 3.63) is 29.3 Å². The van der Waals surface area contributed by atoms with Crippen LogP contribution in [0.2, 0.25) is 0 Å². The van der Waals surface area contributed by atoms with E-state index in [1.165, 1.54) is 0 Å². The molecule has 18 heavy (non-hydrogen) atoms. The Morgan fingerprint density at radius 2 is 2.11 bits per heavy atom. The summed E-state index contributed by atoms with van der Waals surface area (Å²) in [5, 5.41) is 9.24. The number of rotatable bonds is 4. The van der Waals surface area contributed by atoms with E-state index >= 15 is 0 Å². The third kappa shape index (κ3) is 3.01. The number of hydrogen-bond donors (Lipinski definition) is 1. The highest BCUT2D eigenvalue weighted by molar-refractivity contribution is 5.78. The monoisotopic (exact) mass is 249 g/mol. The van der Waals surface area contributed by atoms with Gasteiger partial charge in [0.2, 0.25) is 0 Å². The number of amides is 1. The second-order valence-corrected chi connectivity index (χ2v) is 4.65. The van der Waals surface area contributed by atoms with Gasteiger partial charge < -0.3 is 14.7 Å². The summed E-state index contributed by atoms with van der Waals surface area (Å²) in [5.74, 6) is 0.618. The molecule has 1 aromatic rings. The summed E-state index contributed by atoms with van der Waals surface area (Å²) in [6, 6.07) is 5.59. The number of carbonyl (C=O) groups is 1. The van der Waals surface area contributed by atoms with Gasteiger partial charge in [-0.2, -0.15) is 0 Å². The van der Waals surface area contributed by atoms with Gasteiger partial charge in [-0.15, -0.1) is 0 Å². The zero-order valence-corrected chi connectivity index (χ0v) is 10.7. The van der Waals surface area contributed by atoms with Crippen molar-refractivity contribution in [1.29, 1.82) is 0 Å². The summed E-state index contributed by atoms with van der Waals surface area (Å²) in [7, 11) is 0. The van der Waals surface area contributed by atoms with Gasteiger partial charge in [0, 0.05) is 18.7 Å². The summed E-state index contributed by atoms with van der Waals surface area (Å²) in [5.41, 5.74) is 1.79. The molecule has 4 nitrogen and oxygen atoms in total. The first-order valence-corrected chi connectivity index (χ1v) is 6.31. The van der Waals surface area contributed by atoms with Crippen molar-refractivity contribution < 1.29 is 14.6 Å². The number of carbonyl (C=O) groups excluding carboxylic acids is 1. The number of benzene rings is 1. The maximum atomic E-state index is 11.8.